The Hall–Kier alpha value is -1.61. The van der Waals surface area contributed by atoms with E-state index in [1.165, 1.54) is 4.57 Å². The molecule has 0 saturated carbocycles. The van der Waals surface area contributed by atoms with E-state index in [1.54, 1.807) is 19.3 Å². The Morgan fingerprint density at radius 3 is 2.57 bits per heavy atom. The van der Waals surface area contributed by atoms with E-state index in [2.05, 4.69) is 0 Å². The first-order chi connectivity index (χ1) is 6.74. The maximum atomic E-state index is 11.7. The first-order valence-electron chi connectivity index (χ1n) is 4.42. The summed E-state index contributed by atoms with van der Waals surface area (Å²) in [6.45, 7) is -0.0470. The number of rotatable bonds is 1. The minimum Gasteiger partial charge on any atom is -0.392 e. The summed E-state index contributed by atoms with van der Waals surface area (Å²) in [5.41, 5.74) is 0.750. The molecule has 0 aliphatic rings. The number of aryl methyl sites for hydroxylation is 1. The largest absolute Gasteiger partial charge is 0.392 e. The fourth-order valence-electron chi connectivity index (χ4n) is 1.63. The summed E-state index contributed by atoms with van der Waals surface area (Å²) >= 11 is 0. The Balaban J connectivity index is 2.97. The molecule has 0 spiro atoms. The van der Waals surface area contributed by atoms with Gasteiger partial charge in [0.15, 0.2) is 0 Å². The minimum absolute atomic E-state index is 0.0298. The molecule has 0 fully saturated rings. The van der Waals surface area contributed by atoms with E-state index in [1.807, 2.05) is 18.2 Å². The summed E-state index contributed by atoms with van der Waals surface area (Å²) in [5.74, 6) is 0. The highest BCUT2D eigenvalue weighted by Crippen LogP contribution is 2.14. The highest BCUT2D eigenvalue weighted by Gasteiger charge is 2.04. The molecule has 2 aromatic rings. The zero-order chi connectivity index (χ0) is 10.1. The number of fused-ring (bicyclic) bond motifs is 1. The van der Waals surface area contributed by atoms with Crippen LogP contribution in [0.2, 0.25) is 0 Å². The van der Waals surface area contributed by atoms with Crippen molar-refractivity contribution in [3.63, 3.8) is 0 Å². The second-order valence-corrected chi connectivity index (χ2v) is 3.27. The number of pyridine rings is 1. The van der Waals surface area contributed by atoms with Gasteiger partial charge in [0.2, 0.25) is 0 Å². The average molecular weight is 189 g/mol. The molecule has 1 N–H and O–H groups in total. The van der Waals surface area contributed by atoms with Crippen LogP contribution in [-0.2, 0) is 13.7 Å². The van der Waals surface area contributed by atoms with Crippen LogP contribution < -0.4 is 5.56 Å². The molecule has 1 heterocycles. The van der Waals surface area contributed by atoms with Crippen LogP contribution in [0.3, 0.4) is 0 Å². The molecule has 0 aliphatic carbocycles. The predicted octanol–water partition coefficient (Wildman–Crippen LogP) is 1.03. The van der Waals surface area contributed by atoms with E-state index in [9.17, 15) is 4.79 Å². The normalized spacial score (nSPS) is 10.7. The summed E-state index contributed by atoms with van der Waals surface area (Å²) in [6, 6.07) is 7.31. The van der Waals surface area contributed by atoms with Crippen LogP contribution in [0, 0.1) is 0 Å². The van der Waals surface area contributed by atoms with Gasteiger partial charge in [0.25, 0.3) is 5.56 Å². The van der Waals surface area contributed by atoms with Crippen molar-refractivity contribution < 1.29 is 5.11 Å². The Bertz CT molecular complexity index is 528. The second kappa shape index (κ2) is 3.27. The van der Waals surface area contributed by atoms with Gasteiger partial charge in [0, 0.05) is 24.2 Å². The zero-order valence-electron chi connectivity index (χ0n) is 7.90. The van der Waals surface area contributed by atoms with Crippen molar-refractivity contribution in [1.82, 2.24) is 4.57 Å². The topological polar surface area (TPSA) is 42.2 Å². The van der Waals surface area contributed by atoms with E-state index in [4.69, 9.17) is 5.11 Å². The summed E-state index contributed by atoms with van der Waals surface area (Å²) in [6.07, 6.45) is 1.67. The number of benzene rings is 1. The van der Waals surface area contributed by atoms with E-state index in [0.29, 0.717) is 5.39 Å². The maximum Gasteiger partial charge on any atom is 0.258 e. The molecule has 0 aliphatic heterocycles. The molecule has 3 nitrogen and oxygen atoms in total. The van der Waals surface area contributed by atoms with Gasteiger partial charge >= 0.3 is 0 Å². The number of aliphatic hydroxyl groups excluding tert-OH is 1. The third-order valence-electron chi connectivity index (χ3n) is 2.34. The van der Waals surface area contributed by atoms with Gasteiger partial charge in [0.05, 0.1) is 6.61 Å². The lowest BCUT2D eigenvalue weighted by atomic mass is 10.1. The van der Waals surface area contributed by atoms with E-state index >= 15 is 0 Å². The predicted molar refractivity (Wildman–Crippen MR) is 55.1 cm³/mol. The third kappa shape index (κ3) is 1.22. The maximum absolute atomic E-state index is 11.7. The van der Waals surface area contributed by atoms with Gasteiger partial charge < -0.3 is 9.67 Å². The number of nitrogens with zero attached hydrogens (tertiary/aromatic N) is 1. The number of hydrogen-bond acceptors (Lipinski definition) is 2. The summed E-state index contributed by atoms with van der Waals surface area (Å²) < 4.78 is 1.49. The van der Waals surface area contributed by atoms with Crippen LogP contribution >= 0.6 is 0 Å². The van der Waals surface area contributed by atoms with Crippen LogP contribution in [0.15, 0.2) is 35.3 Å². The Kier molecular flexibility index (Phi) is 2.09. The lowest BCUT2D eigenvalue weighted by Gasteiger charge is -2.06. The van der Waals surface area contributed by atoms with Crippen molar-refractivity contribution in [2.45, 2.75) is 6.61 Å². The number of aromatic nitrogens is 1. The molecular formula is C11H11NO2. The molecule has 0 bridgehead atoms. The van der Waals surface area contributed by atoms with Crippen LogP contribution in [0.5, 0.6) is 0 Å². The molecule has 1 aromatic heterocycles. The fraction of sp³-hybridized carbons (Fsp3) is 0.182. The minimum atomic E-state index is -0.0470. The lowest BCUT2D eigenvalue weighted by molar-refractivity contribution is 0.282. The second-order valence-electron chi connectivity index (χ2n) is 3.27. The van der Waals surface area contributed by atoms with Crippen molar-refractivity contribution in [1.29, 1.82) is 0 Å². The van der Waals surface area contributed by atoms with Gasteiger partial charge in [-0.1, -0.05) is 18.2 Å². The summed E-state index contributed by atoms with van der Waals surface area (Å²) in [4.78, 5) is 11.7. The highest BCUT2D eigenvalue weighted by molar-refractivity contribution is 5.84. The molecule has 0 amide bonds. The van der Waals surface area contributed by atoms with Crippen molar-refractivity contribution in [3.05, 3.63) is 46.4 Å². The number of hydrogen-bond donors (Lipinski definition) is 1. The van der Waals surface area contributed by atoms with Gasteiger partial charge in [-0.15, -0.1) is 0 Å². The van der Waals surface area contributed by atoms with Gasteiger partial charge in [-0.2, -0.15) is 0 Å². The molecule has 2 rings (SSSR count). The van der Waals surface area contributed by atoms with E-state index < -0.39 is 0 Å². The average Bonchev–Trinajstić information content (AvgIpc) is 2.23. The van der Waals surface area contributed by atoms with Gasteiger partial charge in [-0.3, -0.25) is 4.79 Å². The summed E-state index contributed by atoms with van der Waals surface area (Å²) in [7, 11) is 1.69. The molecule has 0 radical (unpaired) electrons. The Morgan fingerprint density at radius 2 is 1.93 bits per heavy atom. The smallest absolute Gasteiger partial charge is 0.258 e. The standard InChI is InChI=1S/C11H11NO2/c1-12-6-8(7-13)9-4-2-3-5-10(9)11(12)14/h2-6,13H,7H2,1H3. The molecule has 0 atom stereocenters. The van der Waals surface area contributed by atoms with Gasteiger partial charge in [0.1, 0.15) is 0 Å². The third-order valence-corrected chi connectivity index (χ3v) is 2.34. The van der Waals surface area contributed by atoms with E-state index in [0.717, 1.165) is 10.9 Å². The zero-order valence-corrected chi connectivity index (χ0v) is 7.90. The van der Waals surface area contributed by atoms with Crippen LogP contribution in [0.25, 0.3) is 10.8 Å². The van der Waals surface area contributed by atoms with Crippen LogP contribution in [-0.4, -0.2) is 9.67 Å². The molecule has 72 valence electrons. The quantitative estimate of drug-likeness (QED) is 0.728. The van der Waals surface area contributed by atoms with Gasteiger partial charge in [-0.05, 0) is 11.5 Å². The van der Waals surface area contributed by atoms with Gasteiger partial charge in [-0.25, -0.2) is 0 Å². The fourth-order valence-corrected chi connectivity index (χ4v) is 1.63. The first-order valence-corrected chi connectivity index (χ1v) is 4.42. The van der Waals surface area contributed by atoms with Crippen LogP contribution in [0.4, 0.5) is 0 Å². The Labute approximate surface area is 81.2 Å². The molecule has 3 heteroatoms. The Morgan fingerprint density at radius 1 is 1.29 bits per heavy atom. The molecule has 0 saturated heterocycles. The first kappa shape index (κ1) is 8.97. The monoisotopic (exact) mass is 189 g/mol. The molecule has 1 aromatic carbocycles. The van der Waals surface area contributed by atoms with Crippen molar-refractivity contribution in [2.24, 2.45) is 7.05 Å². The number of aliphatic hydroxyl groups is 1. The van der Waals surface area contributed by atoms with Crippen molar-refractivity contribution in [3.8, 4) is 0 Å². The molecule has 0 unspecified atom stereocenters. The molecule has 14 heavy (non-hydrogen) atoms. The van der Waals surface area contributed by atoms with Crippen LogP contribution in [0.1, 0.15) is 5.56 Å². The summed E-state index contributed by atoms with van der Waals surface area (Å²) in [5, 5.41) is 10.6. The lowest BCUT2D eigenvalue weighted by Crippen LogP contribution is -2.17. The highest BCUT2D eigenvalue weighted by atomic mass is 16.3. The van der Waals surface area contributed by atoms with E-state index in [-0.39, 0.29) is 12.2 Å². The van der Waals surface area contributed by atoms with Crippen molar-refractivity contribution >= 4 is 10.8 Å². The SMILES string of the molecule is Cn1cc(CO)c2ccccc2c1=O. The van der Waals surface area contributed by atoms with Crippen molar-refractivity contribution in [2.75, 3.05) is 0 Å². The molecular weight excluding hydrogens is 178 g/mol.